The molecule has 0 saturated carbocycles. The molecule has 0 spiro atoms. The molecule has 2 rings (SSSR count). The van der Waals surface area contributed by atoms with Gasteiger partial charge < -0.3 is 10.3 Å². The third kappa shape index (κ3) is 3.83. The smallest absolute Gasteiger partial charge is 0.268 e. The fraction of sp³-hybridized carbons (Fsp3) is 0.667. The third-order valence-electron chi connectivity index (χ3n) is 4.91. The van der Waals surface area contributed by atoms with Crippen LogP contribution in [0.25, 0.3) is 0 Å². The number of hydrogen-bond donors (Lipinski definition) is 2. The Morgan fingerprint density at radius 2 is 1.78 bits per heavy atom. The molecule has 0 bridgehead atoms. The van der Waals surface area contributed by atoms with E-state index in [0.29, 0.717) is 17.8 Å². The SMILES string of the molecule is CC(=O)c1c(C)[nH]c(C(=O)NCC(C)(C)N2CCCCC2)c1C. The second-order valence-corrected chi connectivity index (χ2v) is 7.22. The van der Waals surface area contributed by atoms with Gasteiger partial charge in [-0.3, -0.25) is 14.5 Å². The van der Waals surface area contributed by atoms with Gasteiger partial charge >= 0.3 is 0 Å². The summed E-state index contributed by atoms with van der Waals surface area (Å²) in [4.78, 5) is 29.7. The zero-order chi connectivity index (χ0) is 17.2. The van der Waals surface area contributed by atoms with Gasteiger partial charge in [-0.25, -0.2) is 0 Å². The number of carbonyl (C=O) groups is 2. The summed E-state index contributed by atoms with van der Waals surface area (Å²) >= 11 is 0. The van der Waals surface area contributed by atoms with Crippen molar-refractivity contribution in [2.75, 3.05) is 19.6 Å². The predicted molar refractivity (Wildman–Crippen MR) is 92.1 cm³/mol. The minimum atomic E-state index is -0.136. The molecule has 1 aliphatic rings. The number of Topliss-reactive ketones (excluding diaryl/α,β-unsaturated/α-hetero) is 1. The highest BCUT2D eigenvalue weighted by Crippen LogP contribution is 2.21. The van der Waals surface area contributed by atoms with E-state index < -0.39 is 0 Å². The van der Waals surface area contributed by atoms with Crippen LogP contribution in [0.1, 0.15) is 72.1 Å². The standard InChI is InChI=1S/C18H29N3O2/c1-12-15(14(3)22)13(2)20-16(12)17(23)19-11-18(4,5)21-9-7-6-8-10-21/h20H,6-11H2,1-5H3,(H,19,23). The number of hydrogen-bond acceptors (Lipinski definition) is 3. The van der Waals surface area contributed by atoms with Gasteiger partial charge in [-0.2, -0.15) is 0 Å². The number of aromatic nitrogens is 1. The summed E-state index contributed by atoms with van der Waals surface area (Å²) in [5.74, 6) is -0.146. The zero-order valence-corrected chi connectivity index (χ0v) is 15.0. The highest BCUT2D eigenvalue weighted by Gasteiger charge is 2.29. The quantitative estimate of drug-likeness (QED) is 0.820. The van der Waals surface area contributed by atoms with Crippen LogP contribution in [0.4, 0.5) is 0 Å². The monoisotopic (exact) mass is 319 g/mol. The summed E-state index contributed by atoms with van der Waals surface area (Å²) in [5, 5.41) is 3.03. The highest BCUT2D eigenvalue weighted by molar-refractivity contribution is 6.02. The maximum atomic E-state index is 12.5. The minimum absolute atomic E-state index is 0.0102. The normalized spacial score (nSPS) is 16.4. The molecule has 1 aromatic rings. The van der Waals surface area contributed by atoms with E-state index in [1.54, 1.807) is 0 Å². The van der Waals surface area contributed by atoms with Crippen molar-refractivity contribution < 1.29 is 9.59 Å². The average Bonchev–Trinajstić information content (AvgIpc) is 2.81. The van der Waals surface area contributed by atoms with E-state index in [-0.39, 0.29) is 17.2 Å². The first-order valence-corrected chi connectivity index (χ1v) is 8.47. The number of amides is 1. The molecule has 0 aliphatic carbocycles. The largest absolute Gasteiger partial charge is 0.354 e. The van der Waals surface area contributed by atoms with Gasteiger partial charge in [0.15, 0.2) is 5.78 Å². The number of nitrogens with zero attached hydrogens (tertiary/aromatic N) is 1. The summed E-state index contributed by atoms with van der Waals surface area (Å²) in [7, 11) is 0. The number of aromatic amines is 1. The summed E-state index contributed by atoms with van der Waals surface area (Å²) < 4.78 is 0. The summed E-state index contributed by atoms with van der Waals surface area (Å²) in [6.07, 6.45) is 3.76. The number of H-pyrrole nitrogens is 1. The molecule has 0 aromatic carbocycles. The number of likely N-dealkylation sites (tertiary alicyclic amines) is 1. The molecule has 0 unspecified atom stereocenters. The maximum absolute atomic E-state index is 12.5. The Bertz CT molecular complexity index is 596. The lowest BCUT2D eigenvalue weighted by molar-refractivity contribution is 0.0794. The van der Waals surface area contributed by atoms with Crippen molar-refractivity contribution in [2.45, 2.75) is 59.4 Å². The molecule has 1 saturated heterocycles. The Morgan fingerprint density at radius 3 is 2.30 bits per heavy atom. The molecule has 5 nitrogen and oxygen atoms in total. The molecule has 5 heteroatoms. The van der Waals surface area contributed by atoms with Gasteiger partial charge in [-0.15, -0.1) is 0 Å². The lowest BCUT2D eigenvalue weighted by atomic mass is 9.98. The van der Waals surface area contributed by atoms with E-state index in [0.717, 1.165) is 24.3 Å². The Hall–Kier alpha value is -1.62. The summed E-state index contributed by atoms with van der Waals surface area (Å²) in [6, 6.07) is 0. The zero-order valence-electron chi connectivity index (χ0n) is 15.0. The van der Waals surface area contributed by atoms with Crippen molar-refractivity contribution in [3.05, 3.63) is 22.5 Å². The third-order valence-corrected chi connectivity index (χ3v) is 4.91. The van der Waals surface area contributed by atoms with E-state index in [2.05, 4.69) is 29.0 Å². The van der Waals surface area contributed by atoms with Gasteiger partial charge in [0.25, 0.3) is 5.91 Å². The van der Waals surface area contributed by atoms with Crippen molar-refractivity contribution >= 4 is 11.7 Å². The first-order valence-electron chi connectivity index (χ1n) is 8.47. The van der Waals surface area contributed by atoms with Crippen LogP contribution in [0.5, 0.6) is 0 Å². The van der Waals surface area contributed by atoms with Crippen LogP contribution in [-0.2, 0) is 0 Å². The van der Waals surface area contributed by atoms with Crippen LogP contribution in [0, 0.1) is 13.8 Å². The number of carbonyl (C=O) groups excluding carboxylic acids is 2. The van der Waals surface area contributed by atoms with Crippen molar-refractivity contribution in [3.8, 4) is 0 Å². The molecular weight excluding hydrogens is 290 g/mol. The minimum Gasteiger partial charge on any atom is -0.354 e. The molecule has 1 fully saturated rings. The second kappa shape index (κ2) is 6.87. The van der Waals surface area contributed by atoms with Crippen LogP contribution in [0.2, 0.25) is 0 Å². The molecule has 23 heavy (non-hydrogen) atoms. The van der Waals surface area contributed by atoms with Crippen molar-refractivity contribution in [2.24, 2.45) is 0 Å². The van der Waals surface area contributed by atoms with Crippen molar-refractivity contribution in [1.29, 1.82) is 0 Å². The number of nitrogens with one attached hydrogen (secondary N) is 2. The topological polar surface area (TPSA) is 65.2 Å². The first-order chi connectivity index (χ1) is 10.7. The highest BCUT2D eigenvalue weighted by atomic mass is 16.2. The van der Waals surface area contributed by atoms with Gasteiger partial charge in [0.05, 0.1) is 0 Å². The van der Waals surface area contributed by atoms with Gasteiger partial charge in [-0.1, -0.05) is 6.42 Å². The Labute approximate surface area is 138 Å². The van der Waals surface area contributed by atoms with E-state index in [9.17, 15) is 9.59 Å². The van der Waals surface area contributed by atoms with E-state index in [1.165, 1.54) is 26.2 Å². The lowest BCUT2D eigenvalue weighted by Gasteiger charge is -2.41. The Balaban J connectivity index is 2.05. The Kier molecular flexibility index (Phi) is 5.30. The van der Waals surface area contributed by atoms with Crippen LogP contribution in [-0.4, -0.2) is 46.7 Å². The van der Waals surface area contributed by atoms with Gasteiger partial charge in [-0.05, 0) is 66.1 Å². The molecule has 128 valence electrons. The number of ketones is 1. The molecule has 1 aliphatic heterocycles. The van der Waals surface area contributed by atoms with Crippen molar-refractivity contribution in [3.63, 3.8) is 0 Å². The maximum Gasteiger partial charge on any atom is 0.268 e. The molecule has 0 atom stereocenters. The van der Waals surface area contributed by atoms with Gasteiger partial charge in [0, 0.05) is 23.3 Å². The second-order valence-electron chi connectivity index (χ2n) is 7.22. The van der Waals surface area contributed by atoms with Crippen molar-refractivity contribution in [1.82, 2.24) is 15.2 Å². The van der Waals surface area contributed by atoms with E-state index >= 15 is 0 Å². The average molecular weight is 319 g/mol. The molecule has 1 aromatic heterocycles. The van der Waals surface area contributed by atoms with Crippen LogP contribution < -0.4 is 5.32 Å². The summed E-state index contributed by atoms with van der Waals surface area (Å²) in [6.45, 7) is 12.3. The first kappa shape index (κ1) is 17.7. The van der Waals surface area contributed by atoms with E-state index in [4.69, 9.17) is 0 Å². The predicted octanol–water partition coefficient (Wildman–Crippen LogP) is 2.83. The molecule has 1 amide bonds. The lowest BCUT2D eigenvalue weighted by Crippen LogP contribution is -2.53. The number of aryl methyl sites for hydroxylation is 1. The van der Waals surface area contributed by atoms with Crippen LogP contribution in [0.15, 0.2) is 0 Å². The van der Waals surface area contributed by atoms with Gasteiger partial charge in [0.2, 0.25) is 0 Å². The molecule has 2 heterocycles. The Morgan fingerprint density at radius 1 is 1.17 bits per heavy atom. The molecule has 0 radical (unpaired) electrons. The number of rotatable bonds is 5. The fourth-order valence-corrected chi connectivity index (χ4v) is 3.50. The van der Waals surface area contributed by atoms with E-state index in [1.807, 2.05) is 13.8 Å². The molecule has 2 N–H and O–H groups in total. The molecular formula is C18H29N3O2. The van der Waals surface area contributed by atoms with Crippen LogP contribution >= 0.6 is 0 Å². The fourth-order valence-electron chi connectivity index (χ4n) is 3.50. The van der Waals surface area contributed by atoms with Crippen LogP contribution in [0.3, 0.4) is 0 Å². The van der Waals surface area contributed by atoms with Gasteiger partial charge in [0.1, 0.15) is 5.69 Å². The summed E-state index contributed by atoms with van der Waals surface area (Å²) in [5.41, 5.74) is 2.57. The number of piperidine rings is 1.